The third-order valence-corrected chi connectivity index (χ3v) is 3.96. The summed E-state index contributed by atoms with van der Waals surface area (Å²) in [6.45, 7) is 4.08. The third kappa shape index (κ3) is 5.46. The third-order valence-electron chi connectivity index (χ3n) is 2.57. The van der Waals surface area contributed by atoms with Gasteiger partial charge in [0.05, 0.1) is 5.75 Å². The van der Waals surface area contributed by atoms with Crippen molar-refractivity contribution in [2.45, 2.75) is 12.8 Å². The van der Waals surface area contributed by atoms with Crippen molar-refractivity contribution in [3.05, 3.63) is 0 Å². The van der Waals surface area contributed by atoms with Crippen LogP contribution in [0.15, 0.2) is 0 Å². The van der Waals surface area contributed by atoms with Crippen molar-refractivity contribution in [3.8, 4) is 0 Å². The molecule has 0 bridgehead atoms. The van der Waals surface area contributed by atoms with Crippen molar-refractivity contribution < 1.29 is 8.42 Å². The maximum Gasteiger partial charge on any atom is 0.212 e. The molecule has 1 aliphatic rings. The Balaban J connectivity index is 2.12. The molecule has 6 heteroatoms. The fourth-order valence-electron chi connectivity index (χ4n) is 1.67. The number of sulfonamides is 1. The van der Waals surface area contributed by atoms with E-state index in [1.165, 1.54) is 12.8 Å². The Bertz CT molecular complexity index is 261. The lowest BCUT2D eigenvalue weighted by Gasteiger charge is -2.14. The molecule has 15 heavy (non-hydrogen) atoms. The summed E-state index contributed by atoms with van der Waals surface area (Å²) in [7, 11) is -1.32. The number of nitrogens with one attached hydrogen (secondary N) is 2. The molecule has 1 aliphatic heterocycles. The smallest absolute Gasteiger partial charge is 0.212 e. The van der Waals surface area contributed by atoms with Gasteiger partial charge in [0.2, 0.25) is 10.0 Å². The van der Waals surface area contributed by atoms with Crippen molar-refractivity contribution in [2.75, 3.05) is 45.5 Å². The molecule has 1 rings (SSSR count). The molecule has 1 heterocycles. The lowest BCUT2D eigenvalue weighted by molar-refractivity contribution is 0.344. The van der Waals surface area contributed by atoms with Crippen molar-refractivity contribution in [1.82, 2.24) is 14.9 Å². The van der Waals surface area contributed by atoms with E-state index in [4.69, 9.17) is 0 Å². The van der Waals surface area contributed by atoms with Gasteiger partial charge < -0.3 is 10.2 Å². The van der Waals surface area contributed by atoms with Crippen molar-refractivity contribution in [1.29, 1.82) is 0 Å². The Morgan fingerprint density at radius 3 is 2.47 bits per heavy atom. The Kier molecular flexibility index (Phi) is 5.52. The van der Waals surface area contributed by atoms with Crippen LogP contribution in [0.1, 0.15) is 12.8 Å². The molecule has 1 saturated heterocycles. The zero-order chi connectivity index (χ0) is 11.1. The molecule has 0 saturated carbocycles. The fraction of sp³-hybridized carbons (Fsp3) is 1.00. The monoisotopic (exact) mass is 235 g/mol. The second-order valence-corrected chi connectivity index (χ2v) is 5.79. The van der Waals surface area contributed by atoms with E-state index in [2.05, 4.69) is 14.9 Å². The number of hydrogen-bond acceptors (Lipinski definition) is 4. The average Bonchev–Trinajstić information content (AvgIpc) is 2.67. The van der Waals surface area contributed by atoms with Gasteiger partial charge in [-0.1, -0.05) is 0 Å². The van der Waals surface area contributed by atoms with Crippen LogP contribution in [0.5, 0.6) is 0 Å². The van der Waals surface area contributed by atoms with Crippen LogP contribution in [0.2, 0.25) is 0 Å². The quantitative estimate of drug-likeness (QED) is 0.608. The Hall–Kier alpha value is -0.170. The molecule has 0 amide bonds. The Morgan fingerprint density at radius 2 is 1.87 bits per heavy atom. The molecule has 0 unspecified atom stereocenters. The largest absolute Gasteiger partial charge is 0.319 e. The molecule has 0 aromatic rings. The van der Waals surface area contributed by atoms with Crippen LogP contribution in [0.4, 0.5) is 0 Å². The first kappa shape index (κ1) is 12.9. The van der Waals surface area contributed by atoms with E-state index in [0.717, 1.165) is 19.6 Å². The van der Waals surface area contributed by atoms with Crippen LogP contribution in [0.3, 0.4) is 0 Å². The summed E-state index contributed by atoms with van der Waals surface area (Å²) in [6.07, 6.45) is 2.49. The predicted molar refractivity (Wildman–Crippen MR) is 61.4 cm³/mol. The molecule has 0 radical (unpaired) electrons. The lowest BCUT2D eigenvalue weighted by Crippen LogP contribution is -2.36. The van der Waals surface area contributed by atoms with Crippen LogP contribution >= 0.6 is 0 Å². The van der Waals surface area contributed by atoms with Gasteiger partial charge in [0.15, 0.2) is 0 Å². The topological polar surface area (TPSA) is 61.4 Å². The molecule has 0 aromatic heterocycles. The van der Waals surface area contributed by atoms with E-state index in [0.29, 0.717) is 13.1 Å². The minimum absolute atomic E-state index is 0.156. The van der Waals surface area contributed by atoms with Gasteiger partial charge in [-0.2, -0.15) is 0 Å². The van der Waals surface area contributed by atoms with E-state index < -0.39 is 10.0 Å². The van der Waals surface area contributed by atoms with Gasteiger partial charge in [-0.25, -0.2) is 13.1 Å². The predicted octanol–water partition coefficient (Wildman–Crippen LogP) is -0.779. The molecule has 5 nitrogen and oxygen atoms in total. The van der Waals surface area contributed by atoms with Crippen LogP contribution < -0.4 is 10.0 Å². The lowest BCUT2D eigenvalue weighted by atomic mass is 10.4. The average molecular weight is 235 g/mol. The van der Waals surface area contributed by atoms with Gasteiger partial charge in [-0.15, -0.1) is 0 Å². The Labute approximate surface area is 92.3 Å². The normalized spacial score (nSPS) is 18.5. The van der Waals surface area contributed by atoms with Gasteiger partial charge in [0, 0.05) is 19.6 Å². The van der Waals surface area contributed by atoms with Gasteiger partial charge in [0.25, 0.3) is 0 Å². The summed E-state index contributed by atoms with van der Waals surface area (Å²) >= 11 is 0. The maximum absolute atomic E-state index is 11.4. The van der Waals surface area contributed by atoms with Gasteiger partial charge in [-0.3, -0.25) is 0 Å². The zero-order valence-electron chi connectivity index (χ0n) is 9.33. The van der Waals surface area contributed by atoms with Gasteiger partial charge in [0.1, 0.15) is 0 Å². The number of nitrogens with zero attached hydrogens (tertiary/aromatic N) is 1. The van der Waals surface area contributed by atoms with Crippen LogP contribution in [-0.2, 0) is 10.0 Å². The van der Waals surface area contributed by atoms with E-state index >= 15 is 0 Å². The van der Waals surface area contributed by atoms with Gasteiger partial charge >= 0.3 is 0 Å². The molecule has 0 atom stereocenters. The first-order valence-corrected chi connectivity index (χ1v) is 7.13. The summed E-state index contributed by atoms with van der Waals surface area (Å²) < 4.78 is 25.4. The summed E-state index contributed by atoms with van der Waals surface area (Å²) in [6, 6.07) is 0. The fourth-order valence-corrected chi connectivity index (χ4v) is 2.69. The number of likely N-dealkylation sites (tertiary alicyclic amines) is 1. The highest BCUT2D eigenvalue weighted by Gasteiger charge is 2.13. The molecular weight excluding hydrogens is 214 g/mol. The highest BCUT2D eigenvalue weighted by atomic mass is 32.2. The second kappa shape index (κ2) is 6.42. The summed E-state index contributed by atoms with van der Waals surface area (Å²) in [5, 5.41) is 2.83. The molecule has 2 N–H and O–H groups in total. The highest BCUT2D eigenvalue weighted by molar-refractivity contribution is 7.89. The minimum Gasteiger partial charge on any atom is -0.319 e. The molecule has 1 fully saturated rings. The van der Waals surface area contributed by atoms with Crippen molar-refractivity contribution in [2.24, 2.45) is 0 Å². The molecular formula is C9H21N3O2S. The highest BCUT2D eigenvalue weighted by Crippen LogP contribution is 2.05. The van der Waals surface area contributed by atoms with E-state index in [-0.39, 0.29) is 5.75 Å². The number of hydrogen-bond donors (Lipinski definition) is 2. The van der Waals surface area contributed by atoms with Crippen molar-refractivity contribution >= 4 is 10.0 Å². The van der Waals surface area contributed by atoms with Gasteiger partial charge in [-0.05, 0) is 33.0 Å². The summed E-state index contributed by atoms with van der Waals surface area (Å²) in [5.41, 5.74) is 0. The minimum atomic E-state index is -3.07. The molecule has 0 aliphatic carbocycles. The zero-order valence-corrected chi connectivity index (χ0v) is 10.1. The van der Waals surface area contributed by atoms with E-state index in [9.17, 15) is 8.42 Å². The second-order valence-electron chi connectivity index (χ2n) is 3.87. The molecule has 0 aromatic carbocycles. The van der Waals surface area contributed by atoms with Crippen LogP contribution in [0.25, 0.3) is 0 Å². The van der Waals surface area contributed by atoms with Crippen LogP contribution in [0, 0.1) is 0 Å². The standard InChI is InChI=1S/C9H21N3O2S/c1-10-5-9-15(13,14)11-4-8-12-6-2-3-7-12/h10-11H,2-9H2,1H3. The molecule has 90 valence electrons. The van der Waals surface area contributed by atoms with E-state index in [1.807, 2.05) is 0 Å². The van der Waals surface area contributed by atoms with E-state index in [1.54, 1.807) is 7.05 Å². The first-order valence-electron chi connectivity index (χ1n) is 5.48. The number of rotatable bonds is 7. The summed E-state index contributed by atoms with van der Waals surface area (Å²) in [5.74, 6) is 0.156. The summed E-state index contributed by atoms with van der Waals surface area (Å²) in [4.78, 5) is 2.29. The first-order chi connectivity index (χ1) is 7.14. The molecule has 0 spiro atoms. The Morgan fingerprint density at radius 1 is 1.20 bits per heavy atom. The SMILES string of the molecule is CNCCS(=O)(=O)NCCN1CCCC1. The van der Waals surface area contributed by atoms with Crippen molar-refractivity contribution in [3.63, 3.8) is 0 Å². The van der Waals surface area contributed by atoms with Crippen LogP contribution in [-0.4, -0.2) is 58.8 Å². The maximum atomic E-state index is 11.4.